The number of rotatable bonds is 3. The smallest absolute Gasteiger partial charge is 0.264 e. The number of halogens is 1. The van der Waals surface area contributed by atoms with E-state index in [4.69, 9.17) is 9.15 Å². The number of hydrogen-bond acceptors (Lipinski definition) is 4. The third kappa shape index (κ3) is 2.49. The van der Waals surface area contributed by atoms with Crippen LogP contribution in [0.15, 0.2) is 33.5 Å². The zero-order valence-electron chi connectivity index (χ0n) is 11.6. The second kappa shape index (κ2) is 5.61. The lowest BCUT2D eigenvalue weighted by molar-refractivity contribution is 0.180. The van der Waals surface area contributed by atoms with Gasteiger partial charge in [0.15, 0.2) is 0 Å². The molecule has 0 radical (unpaired) electrons. The molecule has 0 saturated carbocycles. The molecular weight excluding hydrogens is 383 g/mol. The molecule has 0 aliphatic heterocycles. The molecule has 1 aromatic carbocycles. The number of furan rings is 1. The number of aromatic nitrogens is 2. The van der Waals surface area contributed by atoms with Gasteiger partial charge in [0, 0.05) is 12.5 Å². The van der Waals surface area contributed by atoms with Crippen LogP contribution in [0, 0.1) is 10.5 Å². The molecule has 5 nitrogen and oxygen atoms in total. The van der Waals surface area contributed by atoms with E-state index in [1.165, 1.54) is 0 Å². The number of nitrogens with zero attached hydrogens (tertiary/aromatic N) is 1. The van der Waals surface area contributed by atoms with Crippen molar-refractivity contribution in [3.05, 3.63) is 49.6 Å². The summed E-state index contributed by atoms with van der Waals surface area (Å²) in [7, 11) is 1.58. The van der Waals surface area contributed by atoms with Crippen LogP contribution in [0.4, 0.5) is 0 Å². The van der Waals surface area contributed by atoms with Crippen LogP contribution >= 0.6 is 22.6 Å². The van der Waals surface area contributed by atoms with E-state index in [1.54, 1.807) is 7.11 Å². The Balaban J connectivity index is 2.28. The number of ether oxygens (including phenoxy) is 1. The lowest BCUT2D eigenvalue weighted by Crippen LogP contribution is -2.16. The molecule has 0 unspecified atom stereocenters. The van der Waals surface area contributed by atoms with E-state index < -0.39 is 0 Å². The minimum Gasteiger partial charge on any atom is -0.461 e. The van der Waals surface area contributed by atoms with Crippen LogP contribution in [0.25, 0.3) is 22.4 Å². The maximum atomic E-state index is 12.1. The minimum atomic E-state index is -0.169. The quantitative estimate of drug-likeness (QED) is 0.691. The van der Waals surface area contributed by atoms with E-state index >= 15 is 0 Å². The second-order valence-corrected chi connectivity index (χ2v) is 5.72. The largest absolute Gasteiger partial charge is 0.461 e. The van der Waals surface area contributed by atoms with Gasteiger partial charge in [0.05, 0.1) is 17.9 Å². The van der Waals surface area contributed by atoms with Crippen molar-refractivity contribution in [3.8, 4) is 11.4 Å². The van der Waals surface area contributed by atoms with Gasteiger partial charge in [-0.3, -0.25) is 4.79 Å². The standard InChI is InChI=1S/C15H13IN2O3/c1-8-12(9-5-3-4-6-11(9)21-8)14-17-10(7-20-2)13(16)15(19)18-14/h3-6H,7H2,1-2H3,(H,17,18,19). The van der Waals surface area contributed by atoms with Crippen LogP contribution in [0.2, 0.25) is 0 Å². The van der Waals surface area contributed by atoms with E-state index in [2.05, 4.69) is 9.97 Å². The monoisotopic (exact) mass is 396 g/mol. The summed E-state index contributed by atoms with van der Waals surface area (Å²) in [5.74, 6) is 1.24. The van der Waals surface area contributed by atoms with Crippen LogP contribution in [-0.2, 0) is 11.3 Å². The number of aromatic amines is 1. The maximum absolute atomic E-state index is 12.1. The van der Waals surface area contributed by atoms with Gasteiger partial charge in [0.1, 0.15) is 20.7 Å². The van der Waals surface area contributed by atoms with Crippen molar-refractivity contribution >= 4 is 33.6 Å². The Morgan fingerprint density at radius 3 is 2.90 bits per heavy atom. The van der Waals surface area contributed by atoms with Gasteiger partial charge >= 0.3 is 0 Å². The Morgan fingerprint density at radius 1 is 1.38 bits per heavy atom. The maximum Gasteiger partial charge on any atom is 0.264 e. The van der Waals surface area contributed by atoms with Gasteiger partial charge in [0.2, 0.25) is 0 Å². The van der Waals surface area contributed by atoms with Crippen molar-refractivity contribution in [2.24, 2.45) is 0 Å². The summed E-state index contributed by atoms with van der Waals surface area (Å²) < 4.78 is 11.4. The third-order valence-electron chi connectivity index (χ3n) is 3.22. The molecule has 2 aromatic heterocycles. The Morgan fingerprint density at radius 2 is 2.14 bits per heavy atom. The molecule has 2 heterocycles. The highest BCUT2D eigenvalue weighted by Crippen LogP contribution is 2.32. The summed E-state index contributed by atoms with van der Waals surface area (Å²) in [6.07, 6.45) is 0. The molecule has 21 heavy (non-hydrogen) atoms. The topological polar surface area (TPSA) is 68.1 Å². The van der Waals surface area contributed by atoms with Gasteiger partial charge in [-0.15, -0.1) is 0 Å². The number of benzene rings is 1. The van der Waals surface area contributed by atoms with Crippen molar-refractivity contribution < 1.29 is 9.15 Å². The first-order chi connectivity index (χ1) is 10.1. The average molecular weight is 396 g/mol. The molecule has 108 valence electrons. The Bertz CT molecular complexity index is 867. The molecule has 0 atom stereocenters. The number of methoxy groups -OCH3 is 1. The molecule has 0 spiro atoms. The van der Waals surface area contributed by atoms with E-state index in [0.29, 0.717) is 21.7 Å². The van der Waals surface area contributed by atoms with E-state index in [0.717, 1.165) is 22.3 Å². The minimum absolute atomic E-state index is 0.169. The Kier molecular flexibility index (Phi) is 3.81. The van der Waals surface area contributed by atoms with Crippen LogP contribution in [0.3, 0.4) is 0 Å². The van der Waals surface area contributed by atoms with Gasteiger partial charge in [0.25, 0.3) is 5.56 Å². The predicted octanol–water partition coefficient (Wildman–Crippen LogP) is 3.24. The third-order valence-corrected chi connectivity index (χ3v) is 4.33. The summed E-state index contributed by atoms with van der Waals surface area (Å²) >= 11 is 1.98. The fourth-order valence-electron chi connectivity index (χ4n) is 2.32. The van der Waals surface area contributed by atoms with E-state index in [1.807, 2.05) is 53.8 Å². The number of nitrogens with one attached hydrogen (secondary N) is 1. The summed E-state index contributed by atoms with van der Waals surface area (Å²) in [5.41, 5.74) is 2.05. The van der Waals surface area contributed by atoms with Gasteiger partial charge in [-0.1, -0.05) is 18.2 Å². The van der Waals surface area contributed by atoms with Gasteiger partial charge in [-0.25, -0.2) is 4.98 Å². The highest BCUT2D eigenvalue weighted by Gasteiger charge is 2.17. The second-order valence-electron chi connectivity index (χ2n) is 4.64. The summed E-state index contributed by atoms with van der Waals surface area (Å²) in [6.45, 7) is 2.16. The summed E-state index contributed by atoms with van der Waals surface area (Å²) in [5, 5.41) is 0.933. The Hall–Kier alpha value is -1.67. The highest BCUT2D eigenvalue weighted by atomic mass is 127. The van der Waals surface area contributed by atoms with Crippen molar-refractivity contribution in [2.45, 2.75) is 13.5 Å². The fraction of sp³-hybridized carbons (Fsp3) is 0.200. The first kappa shape index (κ1) is 14.3. The number of H-pyrrole nitrogens is 1. The highest BCUT2D eigenvalue weighted by molar-refractivity contribution is 14.1. The number of para-hydroxylation sites is 1. The van der Waals surface area contributed by atoms with Gasteiger partial charge < -0.3 is 14.1 Å². The summed E-state index contributed by atoms with van der Waals surface area (Å²) in [4.78, 5) is 19.4. The molecule has 6 heteroatoms. The van der Waals surface area contributed by atoms with E-state index in [9.17, 15) is 4.79 Å². The molecule has 0 fully saturated rings. The lowest BCUT2D eigenvalue weighted by Gasteiger charge is -2.06. The summed E-state index contributed by atoms with van der Waals surface area (Å²) in [6, 6.07) is 7.69. The number of aryl methyl sites for hydroxylation is 1. The van der Waals surface area contributed by atoms with Gasteiger partial charge in [-0.05, 0) is 35.6 Å². The molecule has 3 rings (SSSR count). The van der Waals surface area contributed by atoms with Crippen LogP contribution < -0.4 is 5.56 Å². The van der Waals surface area contributed by atoms with E-state index in [-0.39, 0.29) is 5.56 Å². The predicted molar refractivity (Wildman–Crippen MR) is 88.2 cm³/mol. The van der Waals surface area contributed by atoms with Crippen molar-refractivity contribution in [3.63, 3.8) is 0 Å². The molecule has 0 bridgehead atoms. The molecule has 3 aromatic rings. The van der Waals surface area contributed by atoms with Crippen molar-refractivity contribution in [1.29, 1.82) is 0 Å². The van der Waals surface area contributed by atoms with Crippen LogP contribution in [0.5, 0.6) is 0 Å². The Labute approximate surface area is 134 Å². The average Bonchev–Trinajstić information content (AvgIpc) is 2.79. The fourth-order valence-corrected chi connectivity index (χ4v) is 2.73. The first-order valence-electron chi connectivity index (χ1n) is 6.38. The van der Waals surface area contributed by atoms with Crippen molar-refractivity contribution in [2.75, 3.05) is 7.11 Å². The van der Waals surface area contributed by atoms with Gasteiger partial charge in [-0.2, -0.15) is 0 Å². The molecular formula is C15H13IN2O3. The first-order valence-corrected chi connectivity index (χ1v) is 7.46. The van der Waals surface area contributed by atoms with Crippen molar-refractivity contribution in [1.82, 2.24) is 9.97 Å². The zero-order chi connectivity index (χ0) is 15.0. The zero-order valence-corrected chi connectivity index (χ0v) is 13.7. The lowest BCUT2D eigenvalue weighted by atomic mass is 10.1. The molecule has 0 aliphatic carbocycles. The SMILES string of the molecule is COCc1nc(-c2c(C)oc3ccccc23)[nH]c(=O)c1I. The molecule has 1 N–H and O–H groups in total. The molecule has 0 saturated heterocycles. The van der Waals surface area contributed by atoms with Crippen LogP contribution in [0.1, 0.15) is 11.5 Å². The number of hydrogen-bond donors (Lipinski definition) is 1. The molecule has 0 amide bonds. The molecule has 0 aliphatic rings. The van der Waals surface area contributed by atoms with Crippen LogP contribution in [-0.4, -0.2) is 17.1 Å². The normalized spacial score (nSPS) is 11.2. The number of fused-ring (bicyclic) bond motifs is 1.